The van der Waals surface area contributed by atoms with Gasteiger partial charge in [0.05, 0.1) is 31.0 Å². The minimum Gasteiger partial charge on any atom is -0.492 e. The number of benzene rings is 3. The Morgan fingerprint density at radius 2 is 1.57 bits per heavy atom. The zero-order chi connectivity index (χ0) is 26.2. The monoisotopic (exact) mass is 517 g/mol. The Labute approximate surface area is 218 Å². The van der Waals surface area contributed by atoms with Gasteiger partial charge in [0.2, 0.25) is 0 Å². The van der Waals surface area contributed by atoms with Crippen LogP contribution in [0.4, 0.5) is 0 Å². The second kappa shape index (κ2) is 12.2. The van der Waals surface area contributed by atoms with E-state index in [2.05, 4.69) is 0 Å². The molecule has 0 bridgehead atoms. The van der Waals surface area contributed by atoms with Crippen molar-refractivity contribution in [3.63, 3.8) is 0 Å². The first kappa shape index (κ1) is 25.9. The molecule has 0 radical (unpaired) electrons. The Hall–Kier alpha value is -4.17. The summed E-state index contributed by atoms with van der Waals surface area (Å²) in [6.07, 6.45) is 4.25. The van der Waals surface area contributed by atoms with Gasteiger partial charge in [0, 0.05) is 0 Å². The smallest absolute Gasteiger partial charge is 0.320 e. The number of nitrogens with zero attached hydrogens (tertiary/aromatic N) is 1. The van der Waals surface area contributed by atoms with Crippen molar-refractivity contribution in [1.29, 1.82) is 0 Å². The Kier molecular flexibility index (Phi) is 8.53. The fourth-order valence-corrected chi connectivity index (χ4v) is 4.88. The van der Waals surface area contributed by atoms with Crippen LogP contribution in [0.5, 0.6) is 5.75 Å². The predicted molar refractivity (Wildman–Crippen MR) is 145 cm³/mol. The van der Waals surface area contributed by atoms with Crippen LogP contribution < -0.4 is 9.61 Å². The van der Waals surface area contributed by atoms with Crippen LogP contribution >= 0.6 is 11.3 Å². The van der Waals surface area contributed by atoms with E-state index in [0.717, 1.165) is 26.9 Å². The number of carbonyl (C=O) groups excluding carboxylic acids is 2. The molecule has 0 saturated carbocycles. The normalized spacial score (nSPS) is 11.2. The number of ether oxygens (including phenoxy) is 3. The third-order valence-corrected chi connectivity index (χ3v) is 6.82. The molecule has 4 aromatic rings. The quantitative estimate of drug-likeness (QED) is 0.170. The molecule has 3 aromatic carbocycles. The summed E-state index contributed by atoms with van der Waals surface area (Å²) in [5.41, 5.74) is 3.79. The van der Waals surface area contributed by atoms with Crippen LogP contribution in [-0.2, 0) is 32.0 Å². The van der Waals surface area contributed by atoms with Crippen molar-refractivity contribution in [2.45, 2.75) is 13.0 Å². The average molecular weight is 518 g/mol. The van der Waals surface area contributed by atoms with E-state index in [1.54, 1.807) is 28.8 Å². The van der Waals surface area contributed by atoms with Gasteiger partial charge in [-0.1, -0.05) is 72.0 Å². The molecule has 0 spiro atoms. The molecule has 7 nitrogen and oxygen atoms in total. The number of aromatic nitrogens is 1. The molecule has 0 aliphatic carbocycles. The number of methoxy groups -OCH3 is 2. The topological polar surface area (TPSA) is 83.8 Å². The predicted octanol–water partition coefficient (Wildman–Crippen LogP) is 4.82. The molecule has 0 atom stereocenters. The summed E-state index contributed by atoms with van der Waals surface area (Å²) in [5, 5.41) is 0. The van der Waals surface area contributed by atoms with E-state index in [1.807, 2.05) is 60.7 Å². The van der Waals surface area contributed by atoms with Gasteiger partial charge in [-0.2, -0.15) is 0 Å². The van der Waals surface area contributed by atoms with E-state index in [0.29, 0.717) is 18.9 Å². The second-order valence-corrected chi connectivity index (χ2v) is 9.28. The molecule has 0 aliphatic heterocycles. The van der Waals surface area contributed by atoms with Gasteiger partial charge < -0.3 is 14.2 Å². The third kappa shape index (κ3) is 6.54. The largest absolute Gasteiger partial charge is 0.492 e. The summed E-state index contributed by atoms with van der Waals surface area (Å²) >= 11 is 1.22. The molecule has 0 N–H and O–H groups in total. The maximum Gasteiger partial charge on any atom is 0.320 e. The summed E-state index contributed by atoms with van der Waals surface area (Å²) in [7, 11) is 2.47. The van der Waals surface area contributed by atoms with Crippen LogP contribution in [0.25, 0.3) is 22.4 Å². The molecular formula is C29H27NO6S. The lowest BCUT2D eigenvalue weighted by molar-refractivity contribution is -0.158. The lowest BCUT2D eigenvalue weighted by Crippen LogP contribution is -2.28. The number of hydrogen-bond donors (Lipinski definition) is 0. The Balaban J connectivity index is 1.37. The van der Waals surface area contributed by atoms with E-state index in [4.69, 9.17) is 14.2 Å². The Morgan fingerprint density at radius 1 is 0.892 bits per heavy atom. The van der Waals surface area contributed by atoms with Gasteiger partial charge >= 0.3 is 16.8 Å². The molecular weight excluding hydrogens is 490 g/mol. The fourth-order valence-electron chi connectivity index (χ4n) is 3.91. The molecule has 190 valence electrons. The molecule has 0 amide bonds. The highest BCUT2D eigenvalue weighted by atomic mass is 32.1. The summed E-state index contributed by atoms with van der Waals surface area (Å²) in [6.45, 7) is 0.722. The lowest BCUT2D eigenvalue weighted by atomic mass is 9.99. The van der Waals surface area contributed by atoms with Gasteiger partial charge in [0.25, 0.3) is 0 Å². The molecule has 1 heterocycles. The van der Waals surface area contributed by atoms with Crippen molar-refractivity contribution in [3.05, 3.63) is 99.2 Å². The highest BCUT2D eigenvalue weighted by Crippen LogP contribution is 2.21. The molecule has 0 fully saturated rings. The summed E-state index contributed by atoms with van der Waals surface area (Å²) < 4.78 is 17.9. The molecule has 0 saturated heterocycles. The van der Waals surface area contributed by atoms with Crippen molar-refractivity contribution in [3.8, 4) is 5.75 Å². The summed E-state index contributed by atoms with van der Waals surface area (Å²) in [5.74, 6) is -1.67. The summed E-state index contributed by atoms with van der Waals surface area (Å²) in [4.78, 5) is 36.4. The molecule has 8 heteroatoms. The van der Waals surface area contributed by atoms with Gasteiger partial charge in [-0.3, -0.25) is 19.0 Å². The van der Waals surface area contributed by atoms with Crippen LogP contribution in [0.2, 0.25) is 0 Å². The fraction of sp³-hybridized carbons (Fsp3) is 0.207. The first-order valence-electron chi connectivity index (χ1n) is 11.7. The van der Waals surface area contributed by atoms with Gasteiger partial charge in [-0.15, -0.1) is 0 Å². The Morgan fingerprint density at radius 3 is 2.24 bits per heavy atom. The highest BCUT2D eigenvalue weighted by Gasteiger charge is 2.28. The first-order valence-corrected chi connectivity index (χ1v) is 12.5. The van der Waals surface area contributed by atoms with Gasteiger partial charge in [-0.05, 0) is 47.4 Å². The molecule has 4 rings (SSSR count). The lowest BCUT2D eigenvalue weighted by Gasteiger charge is -2.13. The zero-order valence-corrected chi connectivity index (χ0v) is 21.4. The van der Waals surface area contributed by atoms with Gasteiger partial charge in [0.1, 0.15) is 12.4 Å². The van der Waals surface area contributed by atoms with E-state index >= 15 is 0 Å². The maximum absolute atomic E-state index is 12.6. The van der Waals surface area contributed by atoms with E-state index < -0.39 is 17.9 Å². The number of fused-ring (bicyclic) bond motifs is 1. The molecule has 1 aromatic heterocycles. The minimum atomic E-state index is -1.02. The zero-order valence-electron chi connectivity index (χ0n) is 20.6. The maximum atomic E-state index is 12.6. The van der Waals surface area contributed by atoms with Crippen LogP contribution in [-0.4, -0.2) is 37.3 Å². The Bertz CT molecular complexity index is 1440. The SMILES string of the molecule is COC(=O)C(Cc1ccc(OCCn2c(=O)sc3cc(/C=C/c4ccccc4)ccc32)cc1)C(=O)OC. The van der Waals surface area contributed by atoms with Gasteiger partial charge in [-0.25, -0.2) is 0 Å². The van der Waals surface area contributed by atoms with E-state index in [9.17, 15) is 14.4 Å². The van der Waals surface area contributed by atoms with E-state index in [-0.39, 0.29) is 11.3 Å². The second-order valence-electron chi connectivity index (χ2n) is 8.29. The number of thiazole rings is 1. The third-order valence-electron chi connectivity index (χ3n) is 5.88. The van der Waals surface area contributed by atoms with Crippen LogP contribution in [0.3, 0.4) is 0 Å². The number of carbonyl (C=O) groups is 2. The molecule has 37 heavy (non-hydrogen) atoms. The standard InChI is InChI=1S/C29H27NO6S/c1-34-27(31)24(28(32)35-2)18-21-10-13-23(14-11-21)36-17-16-30-25-15-12-22(19-26(25)37-29(30)33)9-8-20-6-4-3-5-7-20/h3-15,19,24H,16-18H2,1-2H3/b9-8+. The van der Waals surface area contributed by atoms with Crippen LogP contribution in [0.15, 0.2) is 77.6 Å². The molecule has 0 unspecified atom stereocenters. The average Bonchev–Trinajstić information content (AvgIpc) is 3.25. The summed E-state index contributed by atoms with van der Waals surface area (Å²) in [6, 6.07) is 23.1. The highest BCUT2D eigenvalue weighted by molar-refractivity contribution is 7.16. The van der Waals surface area contributed by atoms with Crippen LogP contribution in [0.1, 0.15) is 16.7 Å². The van der Waals surface area contributed by atoms with Crippen molar-refractivity contribution < 1.29 is 23.8 Å². The minimum absolute atomic E-state index is 0.0326. The number of esters is 2. The van der Waals surface area contributed by atoms with Crippen molar-refractivity contribution in [2.24, 2.45) is 5.92 Å². The molecule has 0 aliphatic rings. The first-order chi connectivity index (χ1) is 18.0. The van der Waals surface area contributed by atoms with Crippen molar-refractivity contribution in [1.82, 2.24) is 4.57 Å². The number of hydrogen-bond acceptors (Lipinski definition) is 7. The number of rotatable bonds is 10. The van der Waals surface area contributed by atoms with Gasteiger partial charge in [0.15, 0.2) is 5.92 Å². The van der Waals surface area contributed by atoms with Crippen LogP contribution in [0, 0.1) is 5.92 Å². The van der Waals surface area contributed by atoms with Crippen molar-refractivity contribution in [2.75, 3.05) is 20.8 Å². The van der Waals surface area contributed by atoms with E-state index in [1.165, 1.54) is 25.6 Å². The van der Waals surface area contributed by atoms with Crippen molar-refractivity contribution >= 4 is 45.6 Å².